The van der Waals surface area contributed by atoms with Crippen molar-refractivity contribution in [2.24, 2.45) is 0 Å². The number of hydrogen-bond acceptors (Lipinski definition) is 6. The van der Waals surface area contributed by atoms with E-state index in [1.807, 2.05) is 0 Å². The first-order valence-electron chi connectivity index (χ1n) is 6.56. The molecular formula is C13H13ClN4O3. The Morgan fingerprint density at radius 2 is 2.43 bits per heavy atom. The number of amides is 1. The van der Waals surface area contributed by atoms with Crippen molar-refractivity contribution in [3.05, 3.63) is 40.8 Å². The van der Waals surface area contributed by atoms with Gasteiger partial charge in [0, 0.05) is 19.0 Å². The molecule has 0 radical (unpaired) electrons. The quantitative estimate of drug-likeness (QED) is 0.927. The molecule has 7 nitrogen and oxygen atoms in total. The summed E-state index contributed by atoms with van der Waals surface area (Å²) in [6.07, 6.45) is 4.65. The zero-order valence-corrected chi connectivity index (χ0v) is 11.8. The lowest BCUT2D eigenvalue weighted by molar-refractivity contribution is 0.0835. The van der Waals surface area contributed by atoms with Gasteiger partial charge in [-0.3, -0.25) is 9.78 Å². The number of carbonyl (C=O) groups excluding carboxylic acids is 1. The maximum Gasteiger partial charge on any atom is 0.255 e. The van der Waals surface area contributed by atoms with E-state index in [1.54, 1.807) is 6.07 Å². The summed E-state index contributed by atoms with van der Waals surface area (Å²) in [4.78, 5) is 20.0. The number of nitrogens with one attached hydrogen (secondary N) is 1. The first-order chi connectivity index (χ1) is 10.2. The normalized spacial score (nSPS) is 17.9. The molecule has 1 fully saturated rings. The lowest BCUT2D eigenvalue weighted by Crippen LogP contribution is -2.23. The summed E-state index contributed by atoms with van der Waals surface area (Å²) < 4.78 is 10.6. The third kappa shape index (κ3) is 3.20. The second-order valence-electron chi connectivity index (χ2n) is 4.59. The molecule has 1 N–H and O–H groups in total. The number of rotatable bonds is 4. The van der Waals surface area contributed by atoms with Crippen LogP contribution in [0.5, 0.6) is 0 Å². The fourth-order valence-electron chi connectivity index (χ4n) is 2.06. The first kappa shape index (κ1) is 14.0. The molecule has 3 rings (SSSR count). The van der Waals surface area contributed by atoms with Gasteiger partial charge in [-0.1, -0.05) is 16.8 Å². The van der Waals surface area contributed by atoms with Crippen molar-refractivity contribution in [3.63, 3.8) is 0 Å². The molecule has 3 heterocycles. The Morgan fingerprint density at radius 1 is 1.52 bits per heavy atom. The number of carbonyl (C=O) groups is 1. The van der Waals surface area contributed by atoms with Crippen molar-refractivity contribution >= 4 is 17.5 Å². The molecular weight excluding hydrogens is 296 g/mol. The highest BCUT2D eigenvalue weighted by Crippen LogP contribution is 2.26. The lowest BCUT2D eigenvalue weighted by atomic mass is 10.2. The van der Waals surface area contributed by atoms with Crippen LogP contribution in [0.15, 0.2) is 23.0 Å². The molecule has 1 aliphatic rings. The van der Waals surface area contributed by atoms with Gasteiger partial charge in [0.15, 0.2) is 5.82 Å². The van der Waals surface area contributed by atoms with Gasteiger partial charge in [-0.2, -0.15) is 4.98 Å². The average molecular weight is 309 g/mol. The maximum atomic E-state index is 12.0. The van der Waals surface area contributed by atoms with E-state index in [1.165, 1.54) is 12.4 Å². The maximum absolute atomic E-state index is 12.0. The van der Waals surface area contributed by atoms with Crippen LogP contribution in [0, 0.1) is 0 Å². The van der Waals surface area contributed by atoms with E-state index in [2.05, 4.69) is 20.4 Å². The lowest BCUT2D eigenvalue weighted by Gasteiger charge is -2.03. The van der Waals surface area contributed by atoms with Gasteiger partial charge < -0.3 is 14.6 Å². The average Bonchev–Trinajstić information content (AvgIpc) is 3.16. The zero-order valence-electron chi connectivity index (χ0n) is 11.1. The summed E-state index contributed by atoms with van der Waals surface area (Å²) in [5.41, 5.74) is 0.356. The number of hydrogen-bond donors (Lipinski definition) is 1. The van der Waals surface area contributed by atoms with Crippen molar-refractivity contribution in [2.75, 3.05) is 6.61 Å². The number of nitrogens with zero attached hydrogens (tertiary/aromatic N) is 3. The minimum absolute atomic E-state index is 0.128. The van der Waals surface area contributed by atoms with Crippen molar-refractivity contribution in [1.82, 2.24) is 20.4 Å². The van der Waals surface area contributed by atoms with Gasteiger partial charge in [-0.05, 0) is 18.9 Å². The monoisotopic (exact) mass is 308 g/mol. The molecule has 21 heavy (non-hydrogen) atoms. The van der Waals surface area contributed by atoms with E-state index in [-0.39, 0.29) is 18.6 Å². The van der Waals surface area contributed by atoms with Gasteiger partial charge >= 0.3 is 0 Å². The summed E-state index contributed by atoms with van der Waals surface area (Å²) in [6, 6.07) is 1.55. The minimum Gasteiger partial charge on any atom is -0.368 e. The van der Waals surface area contributed by atoms with Crippen LogP contribution in [-0.2, 0) is 11.3 Å². The number of halogens is 1. The van der Waals surface area contributed by atoms with Crippen molar-refractivity contribution in [2.45, 2.75) is 25.5 Å². The molecule has 0 aliphatic carbocycles. The highest BCUT2D eigenvalue weighted by molar-refractivity contribution is 6.33. The smallest absolute Gasteiger partial charge is 0.255 e. The molecule has 8 heteroatoms. The van der Waals surface area contributed by atoms with Crippen LogP contribution in [0.25, 0.3) is 0 Å². The SMILES string of the molecule is O=C(NCc1noc([C@@H]2CCCO2)n1)c1ccncc1Cl. The molecule has 0 bridgehead atoms. The molecule has 2 aromatic rings. The van der Waals surface area contributed by atoms with Crippen LogP contribution in [-0.4, -0.2) is 27.6 Å². The van der Waals surface area contributed by atoms with Crippen molar-refractivity contribution in [3.8, 4) is 0 Å². The standard InChI is InChI=1S/C13H13ClN4O3/c14-9-6-15-4-3-8(9)12(19)16-7-11-17-13(21-18-11)10-2-1-5-20-10/h3-4,6,10H,1-2,5,7H2,(H,16,19)/t10-/m0/s1. The number of ether oxygens (including phenoxy) is 1. The third-order valence-corrected chi connectivity index (χ3v) is 3.41. The second-order valence-corrected chi connectivity index (χ2v) is 5.00. The summed E-state index contributed by atoms with van der Waals surface area (Å²) in [5.74, 6) is 0.545. The summed E-state index contributed by atoms with van der Waals surface area (Å²) >= 11 is 5.90. The van der Waals surface area contributed by atoms with E-state index < -0.39 is 0 Å². The largest absolute Gasteiger partial charge is 0.368 e. The predicted octanol–water partition coefficient (Wildman–Crippen LogP) is 1.90. The van der Waals surface area contributed by atoms with E-state index in [4.69, 9.17) is 20.9 Å². The fraction of sp³-hybridized carbons (Fsp3) is 0.385. The van der Waals surface area contributed by atoms with Gasteiger partial charge in [-0.25, -0.2) is 0 Å². The molecule has 0 saturated carbocycles. The molecule has 0 unspecified atom stereocenters. The fourth-order valence-corrected chi connectivity index (χ4v) is 2.26. The van der Waals surface area contributed by atoms with Crippen molar-refractivity contribution < 1.29 is 14.1 Å². The molecule has 1 amide bonds. The van der Waals surface area contributed by atoms with E-state index >= 15 is 0 Å². The van der Waals surface area contributed by atoms with Crippen LogP contribution >= 0.6 is 11.6 Å². The molecule has 1 atom stereocenters. The Bertz CT molecular complexity index is 640. The Labute approximate surface area is 125 Å². The van der Waals surface area contributed by atoms with Crippen LogP contribution in [0.2, 0.25) is 5.02 Å². The van der Waals surface area contributed by atoms with Gasteiger partial charge in [0.1, 0.15) is 6.10 Å². The second kappa shape index (κ2) is 6.19. The summed E-state index contributed by atoms with van der Waals surface area (Å²) in [6.45, 7) is 0.868. The molecule has 2 aromatic heterocycles. The van der Waals surface area contributed by atoms with Gasteiger partial charge in [0.2, 0.25) is 0 Å². The Hall–Kier alpha value is -1.99. The molecule has 0 spiro atoms. The Morgan fingerprint density at radius 3 is 3.19 bits per heavy atom. The first-order valence-corrected chi connectivity index (χ1v) is 6.93. The summed E-state index contributed by atoms with van der Waals surface area (Å²) in [5, 5.41) is 6.80. The van der Waals surface area contributed by atoms with E-state index in [9.17, 15) is 4.79 Å². The van der Waals surface area contributed by atoms with Crippen LogP contribution in [0.1, 0.15) is 41.0 Å². The van der Waals surface area contributed by atoms with Crippen LogP contribution < -0.4 is 5.32 Å². The topological polar surface area (TPSA) is 90.1 Å². The number of aromatic nitrogens is 3. The third-order valence-electron chi connectivity index (χ3n) is 3.11. The minimum atomic E-state index is -0.314. The van der Waals surface area contributed by atoms with Crippen molar-refractivity contribution in [1.29, 1.82) is 0 Å². The van der Waals surface area contributed by atoms with Crippen LogP contribution in [0.4, 0.5) is 0 Å². The Kier molecular flexibility index (Phi) is 4.12. The molecule has 1 aliphatic heterocycles. The molecule has 0 aromatic carbocycles. The zero-order chi connectivity index (χ0) is 14.7. The van der Waals surface area contributed by atoms with Gasteiger partial charge in [0.25, 0.3) is 11.8 Å². The highest BCUT2D eigenvalue weighted by atomic mass is 35.5. The van der Waals surface area contributed by atoms with E-state index in [0.717, 1.165) is 12.8 Å². The molecule has 110 valence electrons. The molecule has 1 saturated heterocycles. The van der Waals surface area contributed by atoms with Gasteiger partial charge in [0.05, 0.1) is 17.1 Å². The number of pyridine rings is 1. The van der Waals surface area contributed by atoms with E-state index in [0.29, 0.717) is 28.9 Å². The predicted molar refractivity (Wildman–Crippen MR) is 72.6 cm³/mol. The van der Waals surface area contributed by atoms with Gasteiger partial charge in [-0.15, -0.1) is 0 Å². The summed E-state index contributed by atoms with van der Waals surface area (Å²) in [7, 11) is 0. The Balaban J connectivity index is 1.60. The van der Waals surface area contributed by atoms with Crippen LogP contribution in [0.3, 0.4) is 0 Å². The highest BCUT2D eigenvalue weighted by Gasteiger charge is 2.23.